The SMILES string of the molecule is CCN(c1cc(-c2ccc3c(c2)n(C2CCN(C(=O)C4CC4)CC2)c(=O)n3C)cc(C(=O)NCc2c(C)cc(C)[nH]c2=O)c1C)C1CCOCC1. The van der Waals surface area contributed by atoms with E-state index < -0.39 is 0 Å². The van der Waals surface area contributed by atoms with Crippen LogP contribution >= 0.6 is 0 Å². The van der Waals surface area contributed by atoms with Gasteiger partial charge in [0.1, 0.15) is 0 Å². The van der Waals surface area contributed by atoms with E-state index in [2.05, 4.69) is 34.3 Å². The molecule has 51 heavy (non-hydrogen) atoms. The summed E-state index contributed by atoms with van der Waals surface area (Å²) in [6.07, 6.45) is 5.27. The van der Waals surface area contributed by atoms with Crippen LogP contribution in [0, 0.1) is 26.7 Å². The van der Waals surface area contributed by atoms with Crippen LogP contribution in [0.4, 0.5) is 5.69 Å². The van der Waals surface area contributed by atoms with Gasteiger partial charge >= 0.3 is 5.69 Å². The van der Waals surface area contributed by atoms with Crippen LogP contribution in [0.25, 0.3) is 22.2 Å². The highest BCUT2D eigenvalue weighted by atomic mass is 16.5. The number of carbonyl (C=O) groups excluding carboxylic acids is 2. The highest BCUT2D eigenvalue weighted by Gasteiger charge is 2.36. The molecule has 0 spiro atoms. The molecule has 7 rings (SSSR count). The Morgan fingerprint density at radius 1 is 0.922 bits per heavy atom. The van der Waals surface area contributed by atoms with Gasteiger partial charge in [-0.3, -0.25) is 23.5 Å². The number of imidazole rings is 1. The molecule has 1 aliphatic carbocycles. The molecule has 11 heteroatoms. The molecule has 4 heterocycles. The van der Waals surface area contributed by atoms with Gasteiger partial charge in [-0.15, -0.1) is 0 Å². The van der Waals surface area contributed by atoms with Crippen molar-refractivity contribution in [2.45, 2.75) is 84.8 Å². The minimum atomic E-state index is -0.247. The maximum Gasteiger partial charge on any atom is 0.329 e. The highest BCUT2D eigenvalue weighted by molar-refractivity contribution is 5.99. The second-order valence-corrected chi connectivity index (χ2v) is 14.7. The monoisotopic (exact) mass is 694 g/mol. The number of ether oxygens (including phenoxy) is 1. The fourth-order valence-electron chi connectivity index (χ4n) is 8.22. The van der Waals surface area contributed by atoms with E-state index in [0.717, 1.165) is 89.7 Å². The number of pyridine rings is 1. The number of likely N-dealkylation sites (tertiary alicyclic amines) is 1. The molecular formula is C40H50N6O5. The maximum atomic E-state index is 14.1. The van der Waals surface area contributed by atoms with E-state index >= 15 is 0 Å². The Balaban J connectivity index is 1.27. The molecule has 1 saturated carbocycles. The predicted octanol–water partition coefficient (Wildman–Crippen LogP) is 5.13. The number of benzene rings is 2. The number of amides is 2. The number of aryl methyl sites for hydroxylation is 3. The van der Waals surface area contributed by atoms with Gasteiger partial charge in [0.2, 0.25) is 5.91 Å². The van der Waals surface area contributed by atoms with Crippen LogP contribution < -0.4 is 21.5 Å². The quantitative estimate of drug-likeness (QED) is 0.251. The zero-order valence-corrected chi connectivity index (χ0v) is 30.5. The van der Waals surface area contributed by atoms with Crippen molar-refractivity contribution in [1.29, 1.82) is 0 Å². The van der Waals surface area contributed by atoms with Crippen molar-refractivity contribution in [1.82, 2.24) is 24.3 Å². The van der Waals surface area contributed by atoms with E-state index in [0.29, 0.717) is 37.4 Å². The van der Waals surface area contributed by atoms with E-state index in [-0.39, 0.29) is 47.6 Å². The number of nitrogens with zero attached hydrogens (tertiary/aromatic N) is 4. The van der Waals surface area contributed by atoms with E-state index in [1.165, 1.54) is 0 Å². The Kier molecular flexibility index (Phi) is 9.67. The van der Waals surface area contributed by atoms with Gasteiger partial charge < -0.3 is 24.8 Å². The lowest BCUT2D eigenvalue weighted by atomic mass is 9.94. The molecule has 2 aromatic carbocycles. The van der Waals surface area contributed by atoms with E-state index in [1.54, 1.807) is 4.57 Å². The molecule has 11 nitrogen and oxygen atoms in total. The van der Waals surface area contributed by atoms with Gasteiger partial charge in [0, 0.05) is 87.0 Å². The largest absolute Gasteiger partial charge is 0.381 e. The van der Waals surface area contributed by atoms with Crippen molar-refractivity contribution >= 4 is 28.5 Å². The number of rotatable bonds is 9. The minimum absolute atomic E-state index is 0.00731. The molecule has 2 aliphatic heterocycles. The first-order chi connectivity index (χ1) is 24.5. The van der Waals surface area contributed by atoms with Crippen molar-refractivity contribution < 1.29 is 14.3 Å². The van der Waals surface area contributed by atoms with Gasteiger partial charge in [-0.1, -0.05) is 6.07 Å². The third-order valence-corrected chi connectivity index (χ3v) is 11.3. The second-order valence-electron chi connectivity index (χ2n) is 14.7. The molecule has 2 amide bonds. The lowest BCUT2D eigenvalue weighted by Gasteiger charge is -2.37. The first kappa shape index (κ1) is 34.8. The third-order valence-electron chi connectivity index (χ3n) is 11.3. The average Bonchev–Trinajstić information content (AvgIpc) is 3.95. The summed E-state index contributed by atoms with van der Waals surface area (Å²) >= 11 is 0. The topological polar surface area (TPSA) is 122 Å². The fourth-order valence-corrected chi connectivity index (χ4v) is 8.22. The number of hydrogen-bond acceptors (Lipinski definition) is 6. The summed E-state index contributed by atoms with van der Waals surface area (Å²) in [4.78, 5) is 60.5. The number of H-pyrrole nitrogens is 1. The molecule has 0 unspecified atom stereocenters. The van der Waals surface area contributed by atoms with Crippen LogP contribution in [-0.2, 0) is 23.1 Å². The van der Waals surface area contributed by atoms with Crippen molar-refractivity contribution in [2.24, 2.45) is 13.0 Å². The van der Waals surface area contributed by atoms with Gasteiger partial charge in [0.05, 0.1) is 11.0 Å². The van der Waals surface area contributed by atoms with Crippen LogP contribution in [0.15, 0.2) is 46.0 Å². The first-order valence-electron chi connectivity index (χ1n) is 18.5. The van der Waals surface area contributed by atoms with Gasteiger partial charge in [-0.05, 0) is 119 Å². The standard InChI is InChI=1S/C40H50N6O5/c1-6-45(30-13-17-51-18-14-30)35-22-29(20-32(26(35)4)37(47)41-23-33-24(2)19-25(3)42-38(33)48)28-9-10-34-36(21-28)46(40(50)43(34)5)31-11-15-44(16-12-31)39(49)27-7-8-27/h9-10,19-22,27,30-31H,6-8,11-18,23H2,1-5H3,(H,41,47)(H,42,48). The number of aromatic amines is 1. The number of piperidine rings is 1. The molecule has 3 aliphatic rings. The van der Waals surface area contributed by atoms with Crippen LogP contribution in [0.1, 0.15) is 84.2 Å². The van der Waals surface area contributed by atoms with Crippen LogP contribution in [0.3, 0.4) is 0 Å². The van der Waals surface area contributed by atoms with Gasteiger partial charge in [0.25, 0.3) is 11.5 Å². The third kappa shape index (κ3) is 6.76. The van der Waals surface area contributed by atoms with Crippen molar-refractivity contribution in [3.8, 4) is 11.1 Å². The average molecular weight is 695 g/mol. The number of fused-ring (bicyclic) bond motifs is 1. The summed E-state index contributed by atoms with van der Waals surface area (Å²) in [6, 6.07) is 12.4. The number of aromatic nitrogens is 3. The molecule has 0 radical (unpaired) electrons. The molecule has 270 valence electrons. The second kappa shape index (κ2) is 14.2. The summed E-state index contributed by atoms with van der Waals surface area (Å²) in [5, 5.41) is 3.04. The fraction of sp³-hybridized carbons (Fsp3) is 0.500. The van der Waals surface area contributed by atoms with Crippen LogP contribution in [0.5, 0.6) is 0 Å². The predicted molar refractivity (Wildman–Crippen MR) is 199 cm³/mol. The molecule has 0 atom stereocenters. The number of hydrogen-bond donors (Lipinski definition) is 2. The Bertz CT molecular complexity index is 2090. The maximum absolute atomic E-state index is 14.1. The zero-order valence-electron chi connectivity index (χ0n) is 30.5. The number of carbonyl (C=O) groups is 2. The number of anilines is 1. The van der Waals surface area contributed by atoms with E-state index in [4.69, 9.17) is 4.74 Å². The number of nitrogens with one attached hydrogen (secondary N) is 2. The molecule has 2 aromatic heterocycles. The van der Waals surface area contributed by atoms with Gasteiger partial charge in [-0.2, -0.15) is 0 Å². The van der Waals surface area contributed by atoms with Crippen molar-refractivity contribution in [3.63, 3.8) is 0 Å². The van der Waals surface area contributed by atoms with E-state index in [9.17, 15) is 19.2 Å². The van der Waals surface area contributed by atoms with Crippen LogP contribution in [-0.4, -0.2) is 69.7 Å². The summed E-state index contributed by atoms with van der Waals surface area (Å²) in [7, 11) is 1.81. The summed E-state index contributed by atoms with van der Waals surface area (Å²) in [6.45, 7) is 11.5. The lowest BCUT2D eigenvalue weighted by molar-refractivity contribution is -0.133. The lowest BCUT2D eigenvalue weighted by Crippen LogP contribution is -2.41. The van der Waals surface area contributed by atoms with Gasteiger partial charge in [0.15, 0.2) is 0 Å². The molecule has 0 bridgehead atoms. The molecule has 3 fully saturated rings. The molecule has 4 aromatic rings. The summed E-state index contributed by atoms with van der Waals surface area (Å²) < 4.78 is 9.32. The Morgan fingerprint density at radius 3 is 2.31 bits per heavy atom. The first-order valence-corrected chi connectivity index (χ1v) is 18.5. The van der Waals surface area contributed by atoms with Crippen molar-refractivity contribution in [3.05, 3.63) is 85.2 Å². The zero-order chi connectivity index (χ0) is 36.0. The normalized spacial score (nSPS) is 17.2. The summed E-state index contributed by atoms with van der Waals surface area (Å²) in [5.74, 6) is 0.210. The summed E-state index contributed by atoms with van der Waals surface area (Å²) in [5.41, 5.74) is 7.81. The highest BCUT2D eigenvalue weighted by Crippen LogP contribution is 2.37. The Labute approximate surface area is 298 Å². The molecule has 2 N–H and O–H groups in total. The minimum Gasteiger partial charge on any atom is -0.381 e. The Morgan fingerprint density at radius 2 is 1.65 bits per heavy atom. The van der Waals surface area contributed by atoms with E-state index in [1.807, 2.05) is 61.6 Å². The molecular weight excluding hydrogens is 644 g/mol. The van der Waals surface area contributed by atoms with Gasteiger partial charge in [-0.25, -0.2) is 4.79 Å². The van der Waals surface area contributed by atoms with Crippen molar-refractivity contribution in [2.75, 3.05) is 37.7 Å². The Hall–Kier alpha value is -4.64. The van der Waals surface area contributed by atoms with Crippen LogP contribution in [0.2, 0.25) is 0 Å². The smallest absolute Gasteiger partial charge is 0.329 e. The molecule has 2 saturated heterocycles.